The predicted octanol–water partition coefficient (Wildman–Crippen LogP) is 3.71. The van der Waals surface area contributed by atoms with Crippen LogP contribution in [0.2, 0.25) is 0 Å². The van der Waals surface area contributed by atoms with Gasteiger partial charge in [-0.05, 0) is 49.6 Å². The molecule has 0 saturated heterocycles. The van der Waals surface area contributed by atoms with Gasteiger partial charge in [0, 0.05) is 4.47 Å². The zero-order valence-electron chi connectivity index (χ0n) is 10.3. The summed E-state index contributed by atoms with van der Waals surface area (Å²) < 4.78 is 6.59. The molecule has 1 aromatic carbocycles. The molecule has 0 aromatic heterocycles. The number of likely N-dealkylation sites (N-methyl/N-ethyl adjacent to an activating group) is 1. The van der Waals surface area contributed by atoms with Crippen LogP contribution in [-0.4, -0.2) is 13.7 Å². The van der Waals surface area contributed by atoms with Gasteiger partial charge in [0.2, 0.25) is 0 Å². The van der Waals surface area contributed by atoms with Crippen molar-refractivity contribution in [1.82, 2.24) is 5.32 Å². The monoisotopic (exact) mass is 295 g/mol. The lowest BCUT2D eigenvalue weighted by atomic mass is 9.95. The maximum absolute atomic E-state index is 5.43. The standard InChI is InChI=1S/C14H18BrNO/c1-10-5-6-11(8-13(10)15)14(16-2)12-4-3-7-17-9-12/h5-6,8-9,14,16H,3-4,7H2,1-2H3. The fourth-order valence-corrected chi connectivity index (χ4v) is 2.55. The highest BCUT2D eigenvalue weighted by Gasteiger charge is 2.17. The summed E-state index contributed by atoms with van der Waals surface area (Å²) in [5, 5.41) is 3.37. The van der Waals surface area contributed by atoms with Crippen LogP contribution in [0.15, 0.2) is 34.5 Å². The Hall–Kier alpha value is -0.800. The summed E-state index contributed by atoms with van der Waals surface area (Å²) in [6, 6.07) is 6.77. The van der Waals surface area contributed by atoms with Gasteiger partial charge in [0.25, 0.3) is 0 Å². The van der Waals surface area contributed by atoms with E-state index in [1.165, 1.54) is 16.7 Å². The number of nitrogens with one attached hydrogen (secondary N) is 1. The summed E-state index contributed by atoms with van der Waals surface area (Å²) in [5.41, 5.74) is 3.87. The van der Waals surface area contributed by atoms with Crippen LogP contribution in [0, 0.1) is 6.92 Å². The molecular formula is C14H18BrNO. The lowest BCUT2D eigenvalue weighted by Crippen LogP contribution is -2.20. The van der Waals surface area contributed by atoms with Crippen molar-refractivity contribution < 1.29 is 4.74 Å². The molecule has 0 radical (unpaired) electrons. The van der Waals surface area contributed by atoms with Crippen molar-refractivity contribution in [3.63, 3.8) is 0 Å². The fraction of sp³-hybridized carbons (Fsp3) is 0.429. The van der Waals surface area contributed by atoms with Gasteiger partial charge in [0.15, 0.2) is 0 Å². The van der Waals surface area contributed by atoms with Crippen molar-refractivity contribution in [3.8, 4) is 0 Å². The Morgan fingerprint density at radius 1 is 1.41 bits per heavy atom. The van der Waals surface area contributed by atoms with Gasteiger partial charge in [-0.3, -0.25) is 0 Å². The van der Waals surface area contributed by atoms with Gasteiger partial charge >= 0.3 is 0 Å². The van der Waals surface area contributed by atoms with Gasteiger partial charge in [-0.25, -0.2) is 0 Å². The van der Waals surface area contributed by atoms with Gasteiger partial charge in [-0.2, -0.15) is 0 Å². The largest absolute Gasteiger partial charge is 0.501 e. The van der Waals surface area contributed by atoms with Crippen molar-refractivity contribution in [2.75, 3.05) is 13.7 Å². The van der Waals surface area contributed by atoms with Crippen LogP contribution in [0.1, 0.15) is 30.0 Å². The van der Waals surface area contributed by atoms with E-state index in [1.54, 1.807) is 0 Å². The van der Waals surface area contributed by atoms with E-state index in [1.807, 2.05) is 13.3 Å². The Labute approximate surface area is 111 Å². The summed E-state index contributed by atoms with van der Waals surface area (Å²) in [4.78, 5) is 0. The van der Waals surface area contributed by atoms with Crippen LogP contribution >= 0.6 is 15.9 Å². The smallest absolute Gasteiger partial charge is 0.0876 e. The molecule has 92 valence electrons. The number of benzene rings is 1. The molecule has 2 rings (SSSR count). The van der Waals surface area contributed by atoms with E-state index in [4.69, 9.17) is 4.74 Å². The van der Waals surface area contributed by atoms with Crippen LogP contribution in [-0.2, 0) is 4.74 Å². The van der Waals surface area contributed by atoms with Crippen LogP contribution in [0.4, 0.5) is 0 Å². The molecular weight excluding hydrogens is 278 g/mol. The number of halogens is 1. The van der Waals surface area contributed by atoms with E-state index < -0.39 is 0 Å². The van der Waals surface area contributed by atoms with Crippen molar-refractivity contribution in [3.05, 3.63) is 45.6 Å². The molecule has 1 aliphatic heterocycles. The van der Waals surface area contributed by atoms with Crippen molar-refractivity contribution in [2.45, 2.75) is 25.8 Å². The first kappa shape index (κ1) is 12.7. The second kappa shape index (κ2) is 5.69. The minimum Gasteiger partial charge on any atom is -0.501 e. The zero-order chi connectivity index (χ0) is 12.3. The lowest BCUT2D eigenvalue weighted by molar-refractivity contribution is 0.220. The molecule has 2 nitrogen and oxygen atoms in total. The molecule has 1 aliphatic rings. The number of aryl methyl sites for hydroxylation is 1. The SMILES string of the molecule is CNC(C1=COCCC1)c1ccc(C)c(Br)c1. The number of hydrogen-bond acceptors (Lipinski definition) is 2. The predicted molar refractivity (Wildman–Crippen MR) is 73.9 cm³/mol. The summed E-state index contributed by atoms with van der Waals surface area (Å²) in [5.74, 6) is 0. The fourth-order valence-electron chi connectivity index (χ4n) is 2.15. The molecule has 0 spiro atoms. The highest BCUT2D eigenvalue weighted by molar-refractivity contribution is 9.10. The van der Waals surface area contributed by atoms with E-state index >= 15 is 0 Å². The molecule has 1 N–H and O–H groups in total. The average Bonchev–Trinajstić information content (AvgIpc) is 2.36. The van der Waals surface area contributed by atoms with Gasteiger partial charge in [-0.1, -0.05) is 28.1 Å². The van der Waals surface area contributed by atoms with Gasteiger partial charge < -0.3 is 10.1 Å². The van der Waals surface area contributed by atoms with Gasteiger partial charge in [-0.15, -0.1) is 0 Å². The number of hydrogen-bond donors (Lipinski definition) is 1. The van der Waals surface area contributed by atoms with E-state index in [2.05, 4.69) is 46.4 Å². The van der Waals surface area contributed by atoms with Crippen LogP contribution in [0.5, 0.6) is 0 Å². The molecule has 1 aromatic rings. The van der Waals surface area contributed by atoms with Gasteiger partial charge in [0.1, 0.15) is 0 Å². The third-order valence-corrected chi connectivity index (χ3v) is 4.01. The summed E-state index contributed by atoms with van der Waals surface area (Å²) in [7, 11) is 1.99. The average molecular weight is 296 g/mol. The second-order valence-electron chi connectivity index (χ2n) is 4.40. The third-order valence-electron chi connectivity index (χ3n) is 3.15. The molecule has 0 aliphatic carbocycles. The quantitative estimate of drug-likeness (QED) is 0.918. The molecule has 0 saturated carbocycles. The molecule has 1 atom stereocenters. The first-order chi connectivity index (χ1) is 8.22. The van der Waals surface area contributed by atoms with E-state index in [-0.39, 0.29) is 6.04 Å². The Bertz CT molecular complexity index is 428. The van der Waals surface area contributed by atoms with Crippen LogP contribution < -0.4 is 5.32 Å². The Kier molecular flexibility index (Phi) is 4.24. The molecule has 1 unspecified atom stereocenters. The van der Waals surface area contributed by atoms with E-state index in [9.17, 15) is 0 Å². The third kappa shape index (κ3) is 2.90. The van der Waals surface area contributed by atoms with Crippen LogP contribution in [0.25, 0.3) is 0 Å². The maximum atomic E-state index is 5.43. The first-order valence-corrected chi connectivity index (χ1v) is 6.75. The Balaban J connectivity index is 2.28. The minimum atomic E-state index is 0.257. The van der Waals surface area contributed by atoms with E-state index in [0.29, 0.717) is 0 Å². The first-order valence-electron chi connectivity index (χ1n) is 5.96. The highest BCUT2D eigenvalue weighted by Crippen LogP contribution is 2.29. The Morgan fingerprint density at radius 2 is 2.24 bits per heavy atom. The van der Waals surface area contributed by atoms with Crippen molar-refractivity contribution in [1.29, 1.82) is 0 Å². The molecule has 3 heteroatoms. The number of rotatable bonds is 3. The maximum Gasteiger partial charge on any atom is 0.0876 e. The van der Waals surface area contributed by atoms with Crippen molar-refractivity contribution >= 4 is 15.9 Å². The Morgan fingerprint density at radius 3 is 2.82 bits per heavy atom. The lowest BCUT2D eigenvalue weighted by Gasteiger charge is -2.23. The van der Waals surface area contributed by atoms with E-state index in [0.717, 1.165) is 23.9 Å². The minimum absolute atomic E-state index is 0.257. The molecule has 0 bridgehead atoms. The normalized spacial score (nSPS) is 17.2. The van der Waals surface area contributed by atoms with Gasteiger partial charge in [0.05, 0.1) is 18.9 Å². The molecule has 0 amide bonds. The summed E-state index contributed by atoms with van der Waals surface area (Å²) >= 11 is 3.59. The van der Waals surface area contributed by atoms with Crippen LogP contribution in [0.3, 0.4) is 0 Å². The second-order valence-corrected chi connectivity index (χ2v) is 5.25. The van der Waals surface area contributed by atoms with Crippen molar-refractivity contribution in [2.24, 2.45) is 0 Å². The topological polar surface area (TPSA) is 21.3 Å². The summed E-state index contributed by atoms with van der Waals surface area (Å²) in [6.45, 7) is 2.95. The molecule has 1 heterocycles. The number of ether oxygens (including phenoxy) is 1. The highest BCUT2D eigenvalue weighted by atomic mass is 79.9. The molecule has 0 fully saturated rings. The zero-order valence-corrected chi connectivity index (χ0v) is 11.9. The summed E-state index contributed by atoms with van der Waals surface area (Å²) in [6.07, 6.45) is 4.13. The molecule has 17 heavy (non-hydrogen) atoms.